The summed E-state index contributed by atoms with van der Waals surface area (Å²) in [5, 5.41) is 3.12. The maximum absolute atomic E-state index is 12.8. The molecule has 0 aromatic heterocycles. The molecule has 0 saturated carbocycles. The number of nitrogens with zero attached hydrogens (tertiary/aromatic N) is 1. The Labute approximate surface area is 187 Å². The Balaban J connectivity index is 1.35. The van der Waals surface area contributed by atoms with Crippen LogP contribution in [0.2, 0.25) is 0 Å². The highest BCUT2D eigenvalue weighted by Gasteiger charge is 2.21. The van der Waals surface area contributed by atoms with E-state index in [0.717, 1.165) is 43.2 Å². The summed E-state index contributed by atoms with van der Waals surface area (Å²) in [5.74, 6) is 1.55. The van der Waals surface area contributed by atoms with Crippen molar-refractivity contribution in [1.29, 1.82) is 0 Å². The van der Waals surface area contributed by atoms with Crippen LogP contribution < -0.4 is 15.0 Å². The third-order valence-corrected chi connectivity index (χ3v) is 6.80. The molecule has 1 saturated heterocycles. The molecule has 2 aromatic carbocycles. The Morgan fingerprint density at radius 2 is 1.84 bits per heavy atom. The first-order valence-corrected chi connectivity index (χ1v) is 11.9. The molecule has 4 nitrogen and oxygen atoms in total. The van der Waals surface area contributed by atoms with Crippen LogP contribution in [0.4, 0.5) is 5.69 Å². The molecule has 0 bridgehead atoms. The predicted molar refractivity (Wildman–Crippen MR) is 127 cm³/mol. The first-order chi connectivity index (χ1) is 15.0. The van der Waals surface area contributed by atoms with Gasteiger partial charge >= 0.3 is 0 Å². The quantitative estimate of drug-likeness (QED) is 0.676. The lowest BCUT2D eigenvalue weighted by molar-refractivity contribution is -0.127. The number of ether oxygens (including phenoxy) is 1. The molecular weight excluding hydrogens is 384 g/mol. The lowest BCUT2D eigenvalue weighted by Gasteiger charge is -2.33. The van der Waals surface area contributed by atoms with E-state index in [1.165, 1.54) is 42.5 Å². The molecule has 1 amide bonds. The summed E-state index contributed by atoms with van der Waals surface area (Å²) in [7, 11) is 0. The maximum Gasteiger partial charge on any atom is 0.261 e. The molecule has 0 unspecified atom stereocenters. The summed E-state index contributed by atoms with van der Waals surface area (Å²) in [4.78, 5) is 15.3. The van der Waals surface area contributed by atoms with Crippen LogP contribution in [0.1, 0.15) is 69.2 Å². The van der Waals surface area contributed by atoms with E-state index in [2.05, 4.69) is 47.5 Å². The van der Waals surface area contributed by atoms with Crippen LogP contribution in [0.15, 0.2) is 42.5 Å². The Kier molecular flexibility index (Phi) is 6.84. The fourth-order valence-corrected chi connectivity index (χ4v) is 4.91. The van der Waals surface area contributed by atoms with Crippen LogP contribution in [0, 0.1) is 5.92 Å². The zero-order valence-electron chi connectivity index (χ0n) is 19.2. The van der Waals surface area contributed by atoms with Gasteiger partial charge in [0, 0.05) is 18.8 Å². The average Bonchev–Trinajstić information content (AvgIpc) is 2.79. The Morgan fingerprint density at radius 1 is 1.06 bits per heavy atom. The topological polar surface area (TPSA) is 41.6 Å². The van der Waals surface area contributed by atoms with Gasteiger partial charge in [0.2, 0.25) is 0 Å². The zero-order valence-corrected chi connectivity index (χ0v) is 19.2. The van der Waals surface area contributed by atoms with Crippen LogP contribution in [0.25, 0.3) is 0 Å². The van der Waals surface area contributed by atoms with E-state index in [9.17, 15) is 4.79 Å². The number of anilines is 1. The number of carbonyl (C=O) groups is 1. The van der Waals surface area contributed by atoms with Crippen molar-refractivity contribution in [3.05, 3.63) is 59.2 Å². The molecule has 1 N–H and O–H groups in total. The van der Waals surface area contributed by atoms with E-state index in [0.29, 0.717) is 0 Å². The predicted octanol–water partition coefficient (Wildman–Crippen LogP) is 5.45. The lowest BCUT2D eigenvalue weighted by atomic mass is 9.91. The van der Waals surface area contributed by atoms with E-state index in [1.807, 2.05) is 26.0 Å². The highest BCUT2D eigenvalue weighted by Crippen LogP contribution is 2.30. The van der Waals surface area contributed by atoms with E-state index >= 15 is 0 Å². The van der Waals surface area contributed by atoms with E-state index < -0.39 is 6.10 Å². The van der Waals surface area contributed by atoms with Crippen molar-refractivity contribution in [2.75, 3.05) is 18.0 Å². The second kappa shape index (κ2) is 9.76. The van der Waals surface area contributed by atoms with Gasteiger partial charge in [0.05, 0.1) is 6.04 Å². The van der Waals surface area contributed by atoms with Crippen LogP contribution >= 0.6 is 0 Å². The monoisotopic (exact) mass is 420 g/mol. The van der Waals surface area contributed by atoms with Gasteiger partial charge in [-0.25, -0.2) is 0 Å². The number of aryl methyl sites for hydroxylation is 1. The van der Waals surface area contributed by atoms with Crippen molar-refractivity contribution in [1.82, 2.24) is 5.32 Å². The molecule has 3 atom stereocenters. The summed E-state index contributed by atoms with van der Waals surface area (Å²) in [6, 6.07) is 14.8. The van der Waals surface area contributed by atoms with Crippen LogP contribution in [0.3, 0.4) is 0 Å². The van der Waals surface area contributed by atoms with Gasteiger partial charge in [0.15, 0.2) is 6.10 Å². The van der Waals surface area contributed by atoms with Crippen molar-refractivity contribution >= 4 is 11.6 Å². The van der Waals surface area contributed by atoms with Gasteiger partial charge in [-0.05, 0) is 93.2 Å². The zero-order chi connectivity index (χ0) is 21.8. The molecule has 4 heteroatoms. The van der Waals surface area contributed by atoms with Gasteiger partial charge in [-0.3, -0.25) is 4.79 Å². The second-order valence-electron chi connectivity index (χ2n) is 9.38. The minimum Gasteiger partial charge on any atom is -0.481 e. The lowest BCUT2D eigenvalue weighted by Crippen LogP contribution is -2.38. The molecule has 1 fully saturated rings. The van der Waals surface area contributed by atoms with Crippen molar-refractivity contribution in [3.63, 3.8) is 0 Å². The van der Waals surface area contributed by atoms with E-state index in [-0.39, 0.29) is 11.9 Å². The standard InChI is InChI=1S/C27H36N2O2/c1-19-8-7-17-29(18-19)24-15-13-22(14-16-24)20(2)28-27(30)21(3)31-26-12-6-10-23-9-4-5-11-25(23)26/h6,10,12-16,19-21H,4-5,7-9,11,17-18H2,1-3H3,(H,28,30)/t19-,20-,21-/m1/s1. The number of nitrogens with one attached hydrogen (secondary N) is 1. The highest BCUT2D eigenvalue weighted by atomic mass is 16.5. The number of amides is 1. The van der Waals surface area contributed by atoms with Crippen LogP contribution in [0.5, 0.6) is 5.75 Å². The van der Waals surface area contributed by atoms with Crippen molar-refractivity contribution in [2.45, 2.75) is 71.4 Å². The van der Waals surface area contributed by atoms with Gasteiger partial charge in [0.25, 0.3) is 5.91 Å². The average molecular weight is 421 g/mol. The second-order valence-corrected chi connectivity index (χ2v) is 9.38. The largest absolute Gasteiger partial charge is 0.481 e. The normalized spacial score (nSPS) is 20.5. The number of rotatable bonds is 6. The Hall–Kier alpha value is -2.49. The van der Waals surface area contributed by atoms with E-state index in [4.69, 9.17) is 4.74 Å². The highest BCUT2D eigenvalue weighted by molar-refractivity contribution is 5.81. The maximum atomic E-state index is 12.8. The van der Waals surface area contributed by atoms with Gasteiger partial charge in [-0.2, -0.15) is 0 Å². The number of carbonyl (C=O) groups excluding carboxylic acids is 1. The first-order valence-electron chi connectivity index (χ1n) is 11.9. The summed E-state index contributed by atoms with van der Waals surface area (Å²) in [6.07, 6.45) is 6.64. The molecule has 1 aliphatic carbocycles. The van der Waals surface area contributed by atoms with Crippen molar-refractivity contribution in [3.8, 4) is 5.75 Å². The molecule has 2 aliphatic rings. The Bertz CT molecular complexity index is 893. The van der Waals surface area contributed by atoms with Gasteiger partial charge in [-0.15, -0.1) is 0 Å². The van der Waals surface area contributed by atoms with Gasteiger partial charge < -0.3 is 15.0 Å². The summed E-state index contributed by atoms with van der Waals surface area (Å²) in [6.45, 7) is 8.46. The first kappa shape index (κ1) is 21.7. The van der Waals surface area contributed by atoms with Crippen molar-refractivity contribution in [2.24, 2.45) is 5.92 Å². The minimum atomic E-state index is -0.523. The molecule has 166 valence electrons. The van der Waals surface area contributed by atoms with Gasteiger partial charge in [-0.1, -0.05) is 31.2 Å². The number of hydrogen-bond donors (Lipinski definition) is 1. The number of fused-ring (bicyclic) bond motifs is 1. The molecule has 2 aromatic rings. The summed E-state index contributed by atoms with van der Waals surface area (Å²) in [5.41, 5.74) is 5.04. The summed E-state index contributed by atoms with van der Waals surface area (Å²) >= 11 is 0. The Morgan fingerprint density at radius 3 is 2.61 bits per heavy atom. The molecular formula is C27H36N2O2. The molecule has 0 spiro atoms. The fourth-order valence-electron chi connectivity index (χ4n) is 4.91. The number of piperidine rings is 1. The third-order valence-electron chi connectivity index (χ3n) is 6.80. The number of hydrogen-bond acceptors (Lipinski definition) is 3. The van der Waals surface area contributed by atoms with E-state index in [1.54, 1.807) is 0 Å². The van der Waals surface area contributed by atoms with Crippen LogP contribution in [-0.2, 0) is 17.6 Å². The molecule has 0 radical (unpaired) electrons. The minimum absolute atomic E-state index is 0.0578. The molecule has 1 aliphatic heterocycles. The fraction of sp³-hybridized carbons (Fsp3) is 0.519. The summed E-state index contributed by atoms with van der Waals surface area (Å²) < 4.78 is 6.10. The molecule has 4 rings (SSSR count). The van der Waals surface area contributed by atoms with Crippen molar-refractivity contribution < 1.29 is 9.53 Å². The molecule has 1 heterocycles. The smallest absolute Gasteiger partial charge is 0.261 e. The third kappa shape index (κ3) is 5.23. The SMILES string of the molecule is C[C@@H]1CCCN(c2ccc([C@@H](C)NC(=O)[C@@H](C)Oc3cccc4c3CCCC4)cc2)C1. The molecule has 31 heavy (non-hydrogen) atoms. The van der Waals surface area contributed by atoms with Crippen LogP contribution in [-0.4, -0.2) is 25.1 Å². The van der Waals surface area contributed by atoms with Gasteiger partial charge in [0.1, 0.15) is 5.75 Å². The number of benzene rings is 2.